The molecule has 7 nitrogen and oxygen atoms in total. The second-order valence-corrected chi connectivity index (χ2v) is 10.3. The third-order valence-electron chi connectivity index (χ3n) is 6.50. The monoisotopic (exact) mass is 494 g/mol. The van der Waals surface area contributed by atoms with Gasteiger partial charge in [0.05, 0.1) is 30.4 Å². The normalized spacial score (nSPS) is 19.7. The highest BCUT2D eigenvalue weighted by Crippen LogP contribution is 2.33. The van der Waals surface area contributed by atoms with Gasteiger partial charge in [0, 0.05) is 49.8 Å². The van der Waals surface area contributed by atoms with Crippen molar-refractivity contribution in [1.82, 2.24) is 14.7 Å². The third-order valence-corrected chi connectivity index (χ3v) is 6.50. The van der Waals surface area contributed by atoms with Crippen LogP contribution in [0.1, 0.15) is 55.2 Å². The molecule has 1 amide bonds. The summed E-state index contributed by atoms with van der Waals surface area (Å²) in [5.74, 6) is -0.407. The maximum atomic E-state index is 13.4. The van der Waals surface area contributed by atoms with Gasteiger partial charge in [-0.05, 0) is 31.0 Å². The molecular weight excluding hydrogens is 461 g/mol. The van der Waals surface area contributed by atoms with E-state index in [0.717, 1.165) is 43.8 Å². The van der Waals surface area contributed by atoms with Crippen molar-refractivity contribution in [2.45, 2.75) is 57.9 Å². The number of amides is 1. The van der Waals surface area contributed by atoms with Gasteiger partial charge in [0.15, 0.2) is 5.49 Å². The van der Waals surface area contributed by atoms with Crippen LogP contribution in [0, 0.1) is 5.92 Å². The third kappa shape index (κ3) is 5.81. The summed E-state index contributed by atoms with van der Waals surface area (Å²) < 4.78 is 55.7. The van der Waals surface area contributed by atoms with Crippen LogP contribution in [-0.2, 0) is 29.9 Å². The van der Waals surface area contributed by atoms with Crippen molar-refractivity contribution in [3.05, 3.63) is 46.6 Å². The number of carbonyl (C=O) groups is 1. The van der Waals surface area contributed by atoms with E-state index in [2.05, 4.69) is 31.1 Å². The number of aromatic nitrogens is 2. The topological polar surface area (TPSA) is 69.8 Å². The molecule has 10 heteroatoms. The van der Waals surface area contributed by atoms with E-state index >= 15 is 0 Å². The molecule has 2 aliphatic heterocycles. The van der Waals surface area contributed by atoms with Crippen molar-refractivity contribution in [2.24, 2.45) is 18.0 Å². The molecule has 4 rings (SSSR count). The summed E-state index contributed by atoms with van der Waals surface area (Å²) in [4.78, 5) is 17.6. The molecular formula is C25H33F3N4O3. The Morgan fingerprint density at radius 3 is 2.54 bits per heavy atom. The maximum Gasteiger partial charge on any atom is 0.416 e. The lowest BCUT2D eigenvalue weighted by Crippen LogP contribution is -2.45. The molecule has 0 saturated carbocycles. The number of hydrogen-bond donors (Lipinski definition) is 1. The molecule has 0 bridgehead atoms. The van der Waals surface area contributed by atoms with Gasteiger partial charge in [-0.2, -0.15) is 18.2 Å². The first kappa shape index (κ1) is 25.5. The van der Waals surface area contributed by atoms with E-state index in [1.807, 2.05) is 22.5 Å². The smallest absolute Gasteiger partial charge is 0.416 e. The molecule has 3 heterocycles. The molecule has 2 aromatic rings. The molecule has 0 unspecified atom stereocenters. The molecule has 0 aliphatic carbocycles. The van der Waals surface area contributed by atoms with Gasteiger partial charge in [-0.1, -0.05) is 20.8 Å². The highest BCUT2D eigenvalue weighted by Gasteiger charge is 2.32. The average Bonchev–Trinajstić information content (AvgIpc) is 3.35. The summed E-state index contributed by atoms with van der Waals surface area (Å²) >= 11 is 0. The summed E-state index contributed by atoms with van der Waals surface area (Å²) in [6.45, 7) is 9.22. The van der Waals surface area contributed by atoms with Crippen LogP contribution in [0.2, 0.25) is 0 Å². The van der Waals surface area contributed by atoms with E-state index in [-0.39, 0.29) is 28.7 Å². The van der Waals surface area contributed by atoms with Gasteiger partial charge in [0.25, 0.3) is 5.91 Å². The first-order valence-electron chi connectivity index (χ1n) is 12.0. The van der Waals surface area contributed by atoms with E-state index in [1.54, 1.807) is 0 Å². The van der Waals surface area contributed by atoms with Gasteiger partial charge in [-0.15, -0.1) is 0 Å². The van der Waals surface area contributed by atoms with Crippen LogP contribution >= 0.6 is 0 Å². The van der Waals surface area contributed by atoms with Gasteiger partial charge < -0.3 is 14.8 Å². The van der Waals surface area contributed by atoms with Gasteiger partial charge in [0.2, 0.25) is 0 Å². The largest absolute Gasteiger partial charge is 0.492 e. The van der Waals surface area contributed by atoms with Crippen molar-refractivity contribution < 1.29 is 27.4 Å². The highest BCUT2D eigenvalue weighted by molar-refractivity contribution is 5.97. The Kier molecular flexibility index (Phi) is 7.15. The summed E-state index contributed by atoms with van der Waals surface area (Å²) in [6, 6.07) is 4.80. The fourth-order valence-corrected chi connectivity index (χ4v) is 4.40. The predicted molar refractivity (Wildman–Crippen MR) is 124 cm³/mol. The van der Waals surface area contributed by atoms with Crippen LogP contribution in [0.3, 0.4) is 0 Å². The van der Waals surface area contributed by atoms with Crippen LogP contribution in [0.5, 0.6) is 5.75 Å². The van der Waals surface area contributed by atoms with Crippen molar-refractivity contribution in [2.75, 3.05) is 26.3 Å². The van der Waals surface area contributed by atoms with E-state index in [9.17, 15) is 18.0 Å². The van der Waals surface area contributed by atoms with Crippen LogP contribution in [0.4, 0.5) is 13.2 Å². The molecule has 2 saturated heterocycles. The molecule has 192 valence electrons. The molecule has 2 fully saturated rings. The van der Waals surface area contributed by atoms with Gasteiger partial charge in [0.1, 0.15) is 5.75 Å². The van der Waals surface area contributed by atoms with Gasteiger partial charge in [-0.3, -0.25) is 14.2 Å². The van der Waals surface area contributed by atoms with Crippen LogP contribution in [0.15, 0.2) is 29.3 Å². The maximum absolute atomic E-state index is 13.4. The van der Waals surface area contributed by atoms with E-state index in [4.69, 9.17) is 9.47 Å². The zero-order valence-corrected chi connectivity index (χ0v) is 20.6. The molecule has 0 spiro atoms. The first-order valence-corrected chi connectivity index (χ1v) is 12.0. The summed E-state index contributed by atoms with van der Waals surface area (Å²) in [5.41, 5.74) is -0.0173. The Morgan fingerprint density at radius 2 is 1.97 bits per heavy atom. The Morgan fingerprint density at radius 1 is 1.23 bits per heavy atom. The summed E-state index contributed by atoms with van der Waals surface area (Å²) in [5, 5.41) is 3.12. The number of alkyl halides is 3. The lowest BCUT2D eigenvalue weighted by molar-refractivity contribution is -0.137. The Labute approximate surface area is 202 Å². The number of carbonyl (C=O) groups excluding carboxylic acids is 1. The second kappa shape index (κ2) is 9.81. The summed E-state index contributed by atoms with van der Waals surface area (Å²) in [7, 11) is 1.89. The minimum Gasteiger partial charge on any atom is -0.492 e. The molecule has 1 atom stereocenters. The van der Waals surface area contributed by atoms with Crippen molar-refractivity contribution in [3.8, 4) is 5.75 Å². The number of nitrogens with zero attached hydrogens (tertiary/aromatic N) is 3. The lowest BCUT2D eigenvalue weighted by atomic mass is 9.92. The quantitative estimate of drug-likeness (QED) is 0.666. The van der Waals surface area contributed by atoms with Crippen LogP contribution < -0.4 is 15.5 Å². The zero-order chi connectivity index (χ0) is 25.4. The Hall–Kier alpha value is -2.59. The number of hydrogen-bond acceptors (Lipinski definition) is 4. The van der Waals surface area contributed by atoms with Crippen molar-refractivity contribution in [1.29, 1.82) is 0 Å². The minimum atomic E-state index is -4.59. The number of halogens is 3. The van der Waals surface area contributed by atoms with E-state index in [0.29, 0.717) is 25.2 Å². The molecule has 2 aliphatic rings. The second-order valence-electron chi connectivity index (χ2n) is 10.3. The standard InChI is InChI=1S/C25H33F3N4O3/c1-24(2,3)21-11-22(32(31(21)4)14-18-6-5-9-34-18)30-23(33)19-10-17(25(26,27)28)7-8-20(19)35-15-16-12-29-13-16/h7-8,10-11,16,18,29H,5-6,9,12-15H2,1-4H3/t18-/m1/s1. The SMILES string of the molecule is Cn1c(C(C)(C)C)cc(=NC(=O)c2cc(C(F)(F)F)ccc2OCC2CNC2)n1C[C@H]1CCCO1. The molecule has 1 aromatic carbocycles. The fraction of sp³-hybridized carbons (Fsp3) is 0.600. The van der Waals surface area contributed by atoms with Crippen molar-refractivity contribution >= 4 is 5.91 Å². The lowest BCUT2D eigenvalue weighted by Gasteiger charge is -2.27. The molecule has 35 heavy (non-hydrogen) atoms. The number of ether oxygens (including phenoxy) is 2. The first-order chi connectivity index (χ1) is 16.4. The van der Waals surface area contributed by atoms with E-state index in [1.165, 1.54) is 6.07 Å². The van der Waals surface area contributed by atoms with Crippen molar-refractivity contribution in [3.63, 3.8) is 0 Å². The van der Waals surface area contributed by atoms with E-state index < -0.39 is 17.6 Å². The zero-order valence-electron chi connectivity index (χ0n) is 20.6. The van der Waals surface area contributed by atoms with Gasteiger partial charge in [-0.25, -0.2) is 0 Å². The molecule has 1 aromatic heterocycles. The average molecular weight is 495 g/mol. The van der Waals surface area contributed by atoms with Gasteiger partial charge >= 0.3 is 6.18 Å². The Balaban J connectivity index is 1.74. The Bertz CT molecular complexity index is 1130. The fourth-order valence-electron chi connectivity index (χ4n) is 4.40. The number of nitrogens with one attached hydrogen (secondary N) is 1. The minimum absolute atomic E-state index is 0.00555. The predicted octanol–water partition coefficient (Wildman–Crippen LogP) is 3.66. The van der Waals surface area contributed by atoms with Crippen LogP contribution in [0.25, 0.3) is 0 Å². The number of benzene rings is 1. The number of rotatable bonds is 6. The molecule has 0 radical (unpaired) electrons. The van der Waals surface area contributed by atoms with Crippen LogP contribution in [-0.4, -0.2) is 47.7 Å². The molecule has 1 N–H and O–H groups in total. The highest BCUT2D eigenvalue weighted by atomic mass is 19.4. The summed E-state index contributed by atoms with van der Waals surface area (Å²) in [6.07, 6.45) is -2.72.